The molecule has 0 aliphatic heterocycles. The SMILES string of the molecule is Cc1ccc(S(=O)(=O)OS(c2ccccc2)(c2c(I)cc(I)cc2I)c2c(I)cc(I)cc2I)cc1. The van der Waals surface area contributed by atoms with Gasteiger partial charge in [-0.25, -0.2) is 3.63 Å². The zero-order valence-electron chi connectivity index (χ0n) is 18.3. The quantitative estimate of drug-likeness (QED) is 0.181. The molecule has 36 heavy (non-hydrogen) atoms. The van der Waals surface area contributed by atoms with Gasteiger partial charge in [0.2, 0.25) is 0 Å². The monoisotopic (exact) mass is 1190 g/mol. The lowest BCUT2D eigenvalue weighted by Gasteiger charge is -2.41. The first-order chi connectivity index (χ1) is 17.0. The van der Waals surface area contributed by atoms with E-state index in [4.69, 9.17) is 3.63 Å². The van der Waals surface area contributed by atoms with Gasteiger partial charge >= 0.3 is 10.1 Å². The third-order valence-corrected chi connectivity index (χ3v) is 16.5. The molecular weight excluding hydrogens is 1170 g/mol. The predicted octanol–water partition coefficient (Wildman–Crippen LogP) is 10.2. The zero-order valence-corrected chi connectivity index (χ0v) is 32.9. The molecule has 0 aliphatic carbocycles. The highest BCUT2D eigenvalue weighted by molar-refractivity contribution is 14.1. The highest BCUT2D eigenvalue weighted by Crippen LogP contribution is 2.73. The predicted molar refractivity (Wildman–Crippen MR) is 197 cm³/mol. The molecule has 0 spiro atoms. The number of aryl methyl sites for hydroxylation is 1. The maximum absolute atomic E-state index is 14.0. The molecule has 0 N–H and O–H groups in total. The van der Waals surface area contributed by atoms with Crippen LogP contribution >= 0.6 is 146 Å². The van der Waals surface area contributed by atoms with Gasteiger partial charge < -0.3 is 0 Å². The number of rotatable bonds is 6. The van der Waals surface area contributed by atoms with E-state index >= 15 is 0 Å². The van der Waals surface area contributed by atoms with E-state index in [-0.39, 0.29) is 4.90 Å². The van der Waals surface area contributed by atoms with Crippen molar-refractivity contribution in [3.63, 3.8) is 0 Å². The van der Waals surface area contributed by atoms with Crippen LogP contribution in [-0.4, -0.2) is 8.42 Å². The molecule has 0 unspecified atom stereocenters. The first-order valence-corrected chi connectivity index (χ1v) is 19.6. The van der Waals surface area contributed by atoms with E-state index in [1.807, 2.05) is 37.3 Å². The lowest BCUT2D eigenvalue weighted by Crippen LogP contribution is -2.18. The molecule has 0 bridgehead atoms. The van der Waals surface area contributed by atoms with Gasteiger partial charge in [-0.05, 0) is 201 Å². The lowest BCUT2D eigenvalue weighted by atomic mass is 10.2. The first kappa shape index (κ1) is 30.5. The van der Waals surface area contributed by atoms with Crippen LogP contribution in [0.5, 0.6) is 0 Å². The lowest BCUT2D eigenvalue weighted by molar-refractivity contribution is 0.507. The Bertz CT molecular complexity index is 1440. The Morgan fingerprint density at radius 1 is 0.583 bits per heavy atom. The summed E-state index contributed by atoms with van der Waals surface area (Å²) in [5, 5.41) is 0. The molecule has 0 atom stereocenters. The average Bonchev–Trinajstić information content (AvgIpc) is 2.78. The molecule has 3 nitrogen and oxygen atoms in total. The first-order valence-electron chi connectivity index (χ1n) is 10.2. The molecule has 4 aromatic rings. The van der Waals surface area contributed by atoms with Crippen molar-refractivity contribution in [3.8, 4) is 0 Å². The van der Waals surface area contributed by atoms with Crippen LogP contribution in [0, 0.1) is 28.3 Å². The molecule has 0 saturated carbocycles. The van der Waals surface area contributed by atoms with E-state index in [9.17, 15) is 8.42 Å². The minimum atomic E-state index is -4.15. The molecule has 0 saturated heterocycles. The Morgan fingerprint density at radius 3 is 1.42 bits per heavy atom. The normalized spacial score (nSPS) is 12.5. The summed E-state index contributed by atoms with van der Waals surface area (Å²) in [6.07, 6.45) is 0. The largest absolute Gasteiger partial charge is 0.307 e. The van der Waals surface area contributed by atoms with Crippen molar-refractivity contribution in [2.24, 2.45) is 0 Å². The third kappa shape index (κ3) is 6.37. The van der Waals surface area contributed by atoms with Crippen LogP contribution in [0.25, 0.3) is 0 Å². The van der Waals surface area contributed by atoms with Crippen molar-refractivity contribution in [1.82, 2.24) is 0 Å². The summed E-state index contributed by atoms with van der Waals surface area (Å²) in [7, 11) is -6.88. The fourth-order valence-electron chi connectivity index (χ4n) is 3.54. The van der Waals surface area contributed by atoms with Crippen molar-refractivity contribution in [1.29, 1.82) is 0 Å². The standard InChI is InChI=1S/C25H16I6O3S2/c1-15-7-9-19(10-8-15)36(32,33)34-35(18-5-3-2-4-6-18,24-20(28)11-16(26)12-21(24)29)25-22(30)13-17(27)14-23(25)31/h2-14H,1H3. The number of hydrogen-bond acceptors (Lipinski definition) is 3. The number of hydrogen-bond donors (Lipinski definition) is 0. The second-order valence-electron chi connectivity index (χ2n) is 7.60. The summed E-state index contributed by atoms with van der Waals surface area (Å²) in [5.41, 5.74) is 0.985. The van der Waals surface area contributed by atoms with E-state index in [0.29, 0.717) is 0 Å². The second kappa shape index (κ2) is 12.6. The van der Waals surface area contributed by atoms with Gasteiger partial charge in [0.15, 0.2) is 0 Å². The van der Waals surface area contributed by atoms with Gasteiger partial charge in [-0.3, -0.25) is 0 Å². The summed E-state index contributed by atoms with van der Waals surface area (Å²) >= 11 is 13.9. The molecule has 188 valence electrons. The summed E-state index contributed by atoms with van der Waals surface area (Å²) in [4.78, 5) is 2.76. The van der Waals surface area contributed by atoms with Gasteiger partial charge in [0.1, 0.15) is 0 Å². The van der Waals surface area contributed by atoms with Crippen LogP contribution in [0.15, 0.2) is 98.4 Å². The van der Waals surface area contributed by atoms with E-state index in [1.54, 1.807) is 24.3 Å². The van der Waals surface area contributed by atoms with Crippen LogP contribution in [0.1, 0.15) is 5.56 Å². The van der Waals surface area contributed by atoms with Gasteiger partial charge in [-0.15, -0.1) is 0 Å². The van der Waals surface area contributed by atoms with Crippen LogP contribution in [-0.2, 0) is 13.7 Å². The number of halogens is 6. The molecule has 0 aliphatic rings. The summed E-state index contributed by atoms with van der Waals surface area (Å²) in [6, 6.07) is 24.9. The summed E-state index contributed by atoms with van der Waals surface area (Å²) in [5.74, 6) is 0. The van der Waals surface area contributed by atoms with E-state index in [2.05, 4.69) is 160 Å². The molecule has 0 aromatic heterocycles. The summed E-state index contributed by atoms with van der Waals surface area (Å²) < 4.78 is 40.8. The smallest absolute Gasteiger partial charge is 0.203 e. The van der Waals surface area contributed by atoms with E-state index < -0.39 is 20.4 Å². The van der Waals surface area contributed by atoms with Gasteiger partial charge in [0, 0.05) is 36.1 Å². The van der Waals surface area contributed by atoms with Crippen LogP contribution in [0.2, 0.25) is 0 Å². The maximum atomic E-state index is 14.0. The minimum absolute atomic E-state index is 0.145. The average molecular weight is 1190 g/mol. The topological polar surface area (TPSA) is 43.4 Å². The Balaban J connectivity index is 2.18. The zero-order chi connectivity index (χ0) is 26.3. The van der Waals surface area contributed by atoms with Gasteiger partial charge in [-0.2, -0.15) is 8.42 Å². The molecule has 4 aromatic carbocycles. The molecule has 4 rings (SSSR count). The van der Waals surface area contributed by atoms with Crippen molar-refractivity contribution in [2.75, 3.05) is 0 Å². The number of benzene rings is 4. The highest BCUT2D eigenvalue weighted by Gasteiger charge is 2.43. The van der Waals surface area contributed by atoms with Crippen LogP contribution < -0.4 is 0 Å². The molecule has 0 radical (unpaired) electrons. The van der Waals surface area contributed by atoms with E-state index in [1.165, 1.54) is 0 Å². The molecular formula is C25H16I6O3S2. The second-order valence-corrected chi connectivity index (χ2v) is 19.1. The Kier molecular flexibility index (Phi) is 10.7. The van der Waals surface area contributed by atoms with Gasteiger partial charge in [0.25, 0.3) is 0 Å². The fraction of sp³-hybridized carbons (Fsp3) is 0.0400. The molecule has 11 heteroatoms. The van der Waals surface area contributed by atoms with Crippen LogP contribution in [0.4, 0.5) is 0 Å². The van der Waals surface area contributed by atoms with Crippen molar-refractivity contribution < 1.29 is 12.0 Å². The van der Waals surface area contributed by atoms with Gasteiger partial charge in [0.05, 0.1) is 4.90 Å². The van der Waals surface area contributed by atoms with E-state index in [0.717, 1.165) is 41.7 Å². The minimum Gasteiger partial charge on any atom is -0.203 e. The van der Waals surface area contributed by atoms with Gasteiger partial charge in [-0.1, -0.05) is 35.9 Å². The third-order valence-electron chi connectivity index (χ3n) is 5.08. The summed E-state index contributed by atoms with van der Waals surface area (Å²) in [6.45, 7) is 1.93. The molecule has 0 fully saturated rings. The van der Waals surface area contributed by atoms with Crippen molar-refractivity contribution in [2.45, 2.75) is 26.5 Å². The molecule has 0 amide bonds. The maximum Gasteiger partial charge on any atom is 0.307 e. The Hall–Kier alpha value is 1.52. The van der Waals surface area contributed by atoms with Crippen molar-refractivity contribution in [3.05, 3.63) is 106 Å². The Morgan fingerprint density at radius 2 is 1.00 bits per heavy atom. The fourth-order valence-corrected chi connectivity index (χ4v) is 19.7. The van der Waals surface area contributed by atoms with Crippen LogP contribution in [0.3, 0.4) is 0 Å². The highest BCUT2D eigenvalue weighted by atomic mass is 127. The van der Waals surface area contributed by atoms with Crippen molar-refractivity contribution >= 4 is 156 Å². The Labute approximate surface area is 295 Å². The molecule has 0 heterocycles.